The summed E-state index contributed by atoms with van der Waals surface area (Å²) in [6.45, 7) is 5.23. The number of ether oxygens (including phenoxy) is 2. The molecule has 0 aromatic heterocycles. The number of carbonyl (C=O) groups is 1. The Bertz CT molecular complexity index is 378. The number of benzene rings is 1. The second kappa shape index (κ2) is 8.24. The smallest absolute Gasteiger partial charge is 0.251 e. The van der Waals surface area contributed by atoms with Gasteiger partial charge in [-0.2, -0.15) is 0 Å². The lowest BCUT2D eigenvalue weighted by molar-refractivity contribution is -0.131. The van der Waals surface area contributed by atoms with Crippen molar-refractivity contribution < 1.29 is 14.3 Å². The van der Waals surface area contributed by atoms with Gasteiger partial charge in [0, 0.05) is 23.2 Å². The third kappa shape index (κ3) is 5.16. The predicted octanol–water partition coefficient (Wildman–Crippen LogP) is 2.58. The van der Waals surface area contributed by atoms with Crippen LogP contribution in [0.1, 0.15) is 24.2 Å². The van der Waals surface area contributed by atoms with Gasteiger partial charge in [0.25, 0.3) is 5.91 Å². The fourth-order valence-corrected chi connectivity index (χ4v) is 1.84. The Morgan fingerprint density at radius 3 is 2.56 bits per heavy atom. The molecule has 0 saturated heterocycles. The molecular weight excluding hydrogens is 298 g/mol. The highest BCUT2D eigenvalue weighted by molar-refractivity contribution is 9.10. The standard InChI is InChI=1S/C13H18BrNO3/c1-3-17-12(18-4-2)9-15-13(16)10-6-5-7-11(14)8-10/h5-8,12H,3-4,9H2,1-2H3,(H,15,16). The Morgan fingerprint density at radius 2 is 2.00 bits per heavy atom. The Balaban J connectivity index is 2.49. The summed E-state index contributed by atoms with van der Waals surface area (Å²) in [6.07, 6.45) is -0.392. The lowest BCUT2D eigenvalue weighted by Gasteiger charge is -2.17. The summed E-state index contributed by atoms with van der Waals surface area (Å²) < 4.78 is 11.6. The lowest BCUT2D eigenvalue weighted by Crippen LogP contribution is -2.35. The number of carbonyl (C=O) groups excluding carboxylic acids is 1. The maximum atomic E-state index is 11.9. The van der Waals surface area contributed by atoms with E-state index in [-0.39, 0.29) is 5.91 Å². The van der Waals surface area contributed by atoms with E-state index in [1.807, 2.05) is 26.0 Å². The fraction of sp³-hybridized carbons (Fsp3) is 0.462. The summed E-state index contributed by atoms with van der Waals surface area (Å²) in [5, 5.41) is 2.79. The molecule has 5 heteroatoms. The molecule has 1 rings (SSSR count). The maximum absolute atomic E-state index is 11.9. The lowest BCUT2D eigenvalue weighted by atomic mass is 10.2. The highest BCUT2D eigenvalue weighted by Gasteiger charge is 2.11. The molecule has 0 aliphatic rings. The molecule has 0 atom stereocenters. The third-order valence-corrected chi connectivity index (χ3v) is 2.71. The van der Waals surface area contributed by atoms with Crippen molar-refractivity contribution in [1.29, 1.82) is 0 Å². The zero-order valence-electron chi connectivity index (χ0n) is 10.6. The van der Waals surface area contributed by atoms with Crippen LogP contribution in [0.4, 0.5) is 0 Å². The van der Waals surface area contributed by atoms with E-state index in [0.717, 1.165) is 4.47 Å². The summed E-state index contributed by atoms with van der Waals surface area (Å²) in [5.74, 6) is -0.138. The maximum Gasteiger partial charge on any atom is 0.251 e. The van der Waals surface area contributed by atoms with Gasteiger partial charge in [0.05, 0.1) is 6.54 Å². The van der Waals surface area contributed by atoms with Crippen molar-refractivity contribution in [1.82, 2.24) is 5.32 Å². The summed E-state index contributed by atoms with van der Waals surface area (Å²) in [7, 11) is 0. The first-order valence-electron chi connectivity index (χ1n) is 5.94. The fourth-order valence-electron chi connectivity index (χ4n) is 1.45. The van der Waals surface area contributed by atoms with Gasteiger partial charge in [-0.25, -0.2) is 0 Å². The van der Waals surface area contributed by atoms with Crippen molar-refractivity contribution in [2.75, 3.05) is 19.8 Å². The van der Waals surface area contributed by atoms with Crippen molar-refractivity contribution >= 4 is 21.8 Å². The summed E-state index contributed by atoms with van der Waals surface area (Å²) in [5.41, 5.74) is 0.608. The van der Waals surface area contributed by atoms with E-state index in [0.29, 0.717) is 25.3 Å². The molecule has 1 aromatic carbocycles. The van der Waals surface area contributed by atoms with Crippen LogP contribution < -0.4 is 5.32 Å². The molecule has 0 aliphatic carbocycles. The first-order chi connectivity index (χ1) is 8.67. The molecule has 0 aliphatic heterocycles. The van der Waals surface area contributed by atoms with Gasteiger partial charge in [-0.15, -0.1) is 0 Å². The van der Waals surface area contributed by atoms with Crippen LogP contribution in [0, 0.1) is 0 Å². The van der Waals surface area contributed by atoms with Crippen LogP contribution in [-0.2, 0) is 9.47 Å². The molecule has 18 heavy (non-hydrogen) atoms. The number of hydrogen-bond acceptors (Lipinski definition) is 3. The van der Waals surface area contributed by atoms with E-state index in [4.69, 9.17) is 9.47 Å². The zero-order valence-corrected chi connectivity index (χ0v) is 12.2. The molecule has 1 aromatic rings. The van der Waals surface area contributed by atoms with Crippen molar-refractivity contribution in [3.63, 3.8) is 0 Å². The monoisotopic (exact) mass is 315 g/mol. The van der Waals surface area contributed by atoms with E-state index in [1.165, 1.54) is 0 Å². The van der Waals surface area contributed by atoms with Crippen molar-refractivity contribution in [2.45, 2.75) is 20.1 Å². The largest absolute Gasteiger partial charge is 0.351 e. The number of nitrogens with one attached hydrogen (secondary N) is 1. The molecule has 0 bridgehead atoms. The molecule has 100 valence electrons. The predicted molar refractivity (Wildman–Crippen MR) is 73.5 cm³/mol. The second-order valence-corrected chi connectivity index (χ2v) is 4.48. The summed E-state index contributed by atoms with van der Waals surface area (Å²) in [4.78, 5) is 11.9. The number of hydrogen-bond donors (Lipinski definition) is 1. The van der Waals surface area contributed by atoms with Crippen LogP contribution in [0.2, 0.25) is 0 Å². The van der Waals surface area contributed by atoms with E-state index in [1.54, 1.807) is 12.1 Å². The molecule has 0 spiro atoms. The minimum Gasteiger partial charge on any atom is -0.351 e. The van der Waals surface area contributed by atoms with Crippen LogP contribution >= 0.6 is 15.9 Å². The summed E-state index contributed by atoms with van der Waals surface area (Å²) in [6, 6.07) is 7.23. The first-order valence-corrected chi connectivity index (χ1v) is 6.73. The van der Waals surface area contributed by atoms with Crippen LogP contribution in [-0.4, -0.2) is 32.0 Å². The minimum absolute atomic E-state index is 0.138. The first kappa shape index (κ1) is 15.1. The topological polar surface area (TPSA) is 47.6 Å². The molecule has 0 saturated carbocycles. The molecule has 0 radical (unpaired) electrons. The zero-order chi connectivity index (χ0) is 13.4. The highest BCUT2D eigenvalue weighted by Crippen LogP contribution is 2.11. The molecule has 0 unspecified atom stereocenters. The molecule has 1 N–H and O–H groups in total. The number of rotatable bonds is 7. The van der Waals surface area contributed by atoms with Crippen molar-refractivity contribution in [3.05, 3.63) is 34.3 Å². The number of amides is 1. The number of halogens is 1. The van der Waals surface area contributed by atoms with Gasteiger partial charge in [-0.05, 0) is 32.0 Å². The van der Waals surface area contributed by atoms with E-state index >= 15 is 0 Å². The molecule has 1 amide bonds. The Morgan fingerprint density at radius 1 is 1.33 bits per heavy atom. The van der Waals surface area contributed by atoms with Gasteiger partial charge in [0.2, 0.25) is 0 Å². The van der Waals surface area contributed by atoms with Gasteiger partial charge >= 0.3 is 0 Å². The second-order valence-electron chi connectivity index (χ2n) is 3.56. The van der Waals surface area contributed by atoms with Crippen LogP contribution in [0.3, 0.4) is 0 Å². The van der Waals surface area contributed by atoms with E-state index < -0.39 is 6.29 Å². The molecule has 0 fully saturated rings. The van der Waals surface area contributed by atoms with Gasteiger partial charge in [0.1, 0.15) is 0 Å². The average Bonchev–Trinajstić information content (AvgIpc) is 2.36. The quantitative estimate of drug-likeness (QED) is 0.787. The Kier molecular flexibility index (Phi) is 6.93. The van der Waals surface area contributed by atoms with Crippen LogP contribution in [0.25, 0.3) is 0 Å². The molecule has 0 heterocycles. The Hall–Kier alpha value is -0.910. The van der Waals surface area contributed by atoms with Gasteiger partial charge in [-0.3, -0.25) is 4.79 Å². The highest BCUT2D eigenvalue weighted by atomic mass is 79.9. The van der Waals surface area contributed by atoms with Gasteiger partial charge in [0.15, 0.2) is 6.29 Å². The van der Waals surface area contributed by atoms with Crippen molar-refractivity contribution in [2.24, 2.45) is 0 Å². The SMILES string of the molecule is CCOC(CNC(=O)c1cccc(Br)c1)OCC. The summed E-state index contributed by atoms with van der Waals surface area (Å²) >= 11 is 3.33. The molecular formula is C13H18BrNO3. The van der Waals surface area contributed by atoms with E-state index in [2.05, 4.69) is 21.2 Å². The average molecular weight is 316 g/mol. The van der Waals surface area contributed by atoms with Crippen LogP contribution in [0.15, 0.2) is 28.7 Å². The normalized spacial score (nSPS) is 10.7. The Labute approximate surface area is 116 Å². The van der Waals surface area contributed by atoms with Gasteiger partial charge < -0.3 is 14.8 Å². The van der Waals surface area contributed by atoms with Crippen molar-refractivity contribution in [3.8, 4) is 0 Å². The van der Waals surface area contributed by atoms with Gasteiger partial charge in [-0.1, -0.05) is 22.0 Å². The van der Waals surface area contributed by atoms with E-state index in [9.17, 15) is 4.79 Å². The molecule has 4 nitrogen and oxygen atoms in total. The minimum atomic E-state index is -0.392. The van der Waals surface area contributed by atoms with Crippen LogP contribution in [0.5, 0.6) is 0 Å². The third-order valence-electron chi connectivity index (χ3n) is 2.22.